The molecule has 0 amide bonds. The third-order valence-electron chi connectivity index (χ3n) is 4.48. The Kier molecular flexibility index (Phi) is 6.83. The molecule has 1 aromatic heterocycles. The Hall–Kier alpha value is -3.40. The van der Waals surface area contributed by atoms with Crippen LogP contribution in [-0.2, 0) is 10.9 Å². The molecule has 0 saturated heterocycles. The molecular formula is C22H18F3NO5S. The van der Waals surface area contributed by atoms with Gasteiger partial charge < -0.3 is 14.2 Å². The summed E-state index contributed by atoms with van der Waals surface area (Å²) in [5, 5.41) is 0.370. The average molecular weight is 465 g/mol. The van der Waals surface area contributed by atoms with Gasteiger partial charge in [0.2, 0.25) is 0 Å². The number of hydrogen-bond acceptors (Lipinski definition) is 7. The predicted molar refractivity (Wildman–Crippen MR) is 111 cm³/mol. The molecule has 3 aromatic rings. The first-order valence-corrected chi connectivity index (χ1v) is 10.0. The Morgan fingerprint density at radius 1 is 1.00 bits per heavy atom. The van der Waals surface area contributed by atoms with Crippen molar-refractivity contribution in [2.75, 3.05) is 20.8 Å². The second kappa shape index (κ2) is 9.39. The van der Waals surface area contributed by atoms with E-state index in [1.807, 2.05) is 0 Å². The van der Waals surface area contributed by atoms with Crippen molar-refractivity contribution in [2.45, 2.75) is 13.1 Å². The third-order valence-corrected chi connectivity index (χ3v) is 5.67. The lowest BCUT2D eigenvalue weighted by Crippen LogP contribution is -2.14. The highest BCUT2D eigenvalue weighted by molar-refractivity contribution is 7.17. The topological polar surface area (TPSA) is 74.7 Å². The Morgan fingerprint density at radius 2 is 1.66 bits per heavy atom. The van der Waals surface area contributed by atoms with Crippen LogP contribution >= 0.6 is 11.3 Å². The first kappa shape index (κ1) is 23.3. The molecule has 0 aliphatic carbocycles. The number of thiazole rings is 1. The van der Waals surface area contributed by atoms with E-state index in [-0.39, 0.29) is 10.4 Å². The molecular weight excluding hydrogens is 447 g/mol. The molecule has 10 heteroatoms. The average Bonchev–Trinajstić information content (AvgIpc) is 3.17. The smallest absolute Gasteiger partial charge is 0.416 e. The number of halogens is 3. The van der Waals surface area contributed by atoms with Gasteiger partial charge in [0.25, 0.3) is 0 Å². The highest BCUT2D eigenvalue weighted by Crippen LogP contribution is 2.33. The van der Waals surface area contributed by atoms with Gasteiger partial charge in [-0.3, -0.25) is 4.79 Å². The summed E-state index contributed by atoms with van der Waals surface area (Å²) in [6, 6.07) is 9.05. The predicted octanol–water partition coefficient (Wildman–Crippen LogP) is 5.19. The summed E-state index contributed by atoms with van der Waals surface area (Å²) in [5.74, 6) is -0.363. The number of hydrogen-bond donors (Lipinski definition) is 0. The van der Waals surface area contributed by atoms with Crippen molar-refractivity contribution in [1.82, 2.24) is 4.98 Å². The SMILES string of the molecule is COc1ccc(C(=O)COC(=O)c2sc(-c3ccc(C(F)(F)F)cc3)nc2C)cc1OC. The monoisotopic (exact) mass is 465 g/mol. The van der Waals surface area contributed by atoms with Gasteiger partial charge in [0.1, 0.15) is 9.88 Å². The standard InChI is InChI=1S/C22H18F3NO5S/c1-12-19(32-20(26-12)13-4-7-15(8-5-13)22(23,24)25)21(28)31-11-16(27)14-6-9-17(29-2)18(10-14)30-3/h4-10H,11H2,1-3H3. The number of aryl methyl sites for hydroxylation is 1. The Bertz CT molecular complexity index is 1140. The molecule has 0 N–H and O–H groups in total. The molecule has 0 aliphatic rings. The zero-order valence-corrected chi connectivity index (χ0v) is 18.1. The Balaban J connectivity index is 1.70. The highest BCUT2D eigenvalue weighted by Gasteiger charge is 2.30. The second-order valence-corrected chi connectivity index (χ2v) is 7.58. The fourth-order valence-electron chi connectivity index (χ4n) is 2.80. The number of Topliss-reactive ketones (excluding diaryl/α,β-unsaturated/α-hetero) is 1. The molecule has 2 aromatic carbocycles. The van der Waals surface area contributed by atoms with Gasteiger partial charge in [-0.2, -0.15) is 13.2 Å². The van der Waals surface area contributed by atoms with E-state index in [0.717, 1.165) is 23.5 Å². The van der Waals surface area contributed by atoms with E-state index < -0.39 is 30.1 Å². The van der Waals surface area contributed by atoms with Gasteiger partial charge in [-0.25, -0.2) is 9.78 Å². The molecule has 0 aliphatic heterocycles. The number of methoxy groups -OCH3 is 2. The summed E-state index contributed by atoms with van der Waals surface area (Å²) < 4.78 is 53.6. The van der Waals surface area contributed by atoms with Crippen LogP contribution in [0.3, 0.4) is 0 Å². The van der Waals surface area contributed by atoms with Crippen LogP contribution in [0.2, 0.25) is 0 Å². The molecule has 0 bridgehead atoms. The first-order chi connectivity index (χ1) is 15.1. The van der Waals surface area contributed by atoms with Gasteiger partial charge in [0, 0.05) is 11.1 Å². The summed E-state index contributed by atoms with van der Waals surface area (Å²) in [5.41, 5.74) is 0.296. The quantitative estimate of drug-likeness (QED) is 0.353. The minimum absolute atomic E-state index is 0.167. The number of alkyl halides is 3. The van der Waals surface area contributed by atoms with E-state index in [1.165, 1.54) is 38.5 Å². The number of benzene rings is 2. The van der Waals surface area contributed by atoms with Crippen molar-refractivity contribution < 1.29 is 37.0 Å². The lowest BCUT2D eigenvalue weighted by molar-refractivity contribution is -0.137. The third kappa shape index (κ3) is 5.08. The molecule has 0 fully saturated rings. The van der Waals surface area contributed by atoms with Crippen LogP contribution in [0, 0.1) is 6.92 Å². The van der Waals surface area contributed by atoms with Crippen LogP contribution in [0.1, 0.15) is 31.3 Å². The van der Waals surface area contributed by atoms with Gasteiger partial charge in [0.05, 0.1) is 25.5 Å². The lowest BCUT2D eigenvalue weighted by atomic mass is 10.1. The van der Waals surface area contributed by atoms with E-state index >= 15 is 0 Å². The van der Waals surface area contributed by atoms with Crippen molar-refractivity contribution in [3.8, 4) is 22.1 Å². The molecule has 168 valence electrons. The summed E-state index contributed by atoms with van der Waals surface area (Å²) in [6.45, 7) is 1.08. The fourth-order valence-corrected chi connectivity index (χ4v) is 3.77. The zero-order valence-electron chi connectivity index (χ0n) is 17.3. The molecule has 3 rings (SSSR count). The first-order valence-electron chi connectivity index (χ1n) is 9.21. The van der Waals surface area contributed by atoms with Gasteiger partial charge >= 0.3 is 12.1 Å². The Morgan fingerprint density at radius 3 is 2.25 bits per heavy atom. The highest BCUT2D eigenvalue weighted by atomic mass is 32.1. The lowest BCUT2D eigenvalue weighted by Gasteiger charge is -2.09. The maximum atomic E-state index is 12.7. The van der Waals surface area contributed by atoms with Crippen molar-refractivity contribution in [2.24, 2.45) is 0 Å². The number of rotatable bonds is 7. The molecule has 0 unspecified atom stereocenters. The molecule has 32 heavy (non-hydrogen) atoms. The zero-order chi connectivity index (χ0) is 23.5. The van der Waals surface area contributed by atoms with E-state index in [4.69, 9.17) is 14.2 Å². The van der Waals surface area contributed by atoms with Crippen LogP contribution in [0.15, 0.2) is 42.5 Å². The minimum atomic E-state index is -4.44. The molecule has 0 atom stereocenters. The normalized spacial score (nSPS) is 11.2. The molecule has 0 saturated carbocycles. The number of carbonyl (C=O) groups excluding carboxylic acids is 2. The van der Waals surface area contributed by atoms with E-state index in [1.54, 1.807) is 13.0 Å². The van der Waals surface area contributed by atoms with Crippen LogP contribution < -0.4 is 9.47 Å². The second-order valence-electron chi connectivity index (χ2n) is 6.58. The maximum Gasteiger partial charge on any atom is 0.416 e. The minimum Gasteiger partial charge on any atom is -0.493 e. The van der Waals surface area contributed by atoms with Crippen molar-refractivity contribution >= 4 is 23.1 Å². The number of carbonyl (C=O) groups is 2. The summed E-state index contributed by atoms with van der Waals surface area (Å²) in [7, 11) is 2.91. The molecule has 1 heterocycles. The van der Waals surface area contributed by atoms with Crippen molar-refractivity contribution in [3.05, 3.63) is 64.2 Å². The summed E-state index contributed by atoms with van der Waals surface area (Å²) in [4.78, 5) is 29.3. The molecule has 0 spiro atoms. The fraction of sp³-hybridized carbons (Fsp3) is 0.227. The van der Waals surface area contributed by atoms with E-state index in [9.17, 15) is 22.8 Å². The van der Waals surface area contributed by atoms with Crippen LogP contribution in [0.25, 0.3) is 10.6 Å². The van der Waals surface area contributed by atoms with Gasteiger partial charge in [-0.15, -0.1) is 11.3 Å². The number of esters is 1. The Labute approximate surface area is 185 Å². The largest absolute Gasteiger partial charge is 0.493 e. The summed E-state index contributed by atoms with van der Waals surface area (Å²) in [6.07, 6.45) is -4.44. The van der Waals surface area contributed by atoms with Crippen LogP contribution in [0.4, 0.5) is 13.2 Å². The van der Waals surface area contributed by atoms with Crippen LogP contribution in [-0.4, -0.2) is 37.6 Å². The maximum absolute atomic E-state index is 12.7. The number of nitrogens with zero attached hydrogens (tertiary/aromatic N) is 1. The van der Waals surface area contributed by atoms with Crippen molar-refractivity contribution in [1.29, 1.82) is 0 Å². The van der Waals surface area contributed by atoms with Gasteiger partial charge in [0.15, 0.2) is 23.9 Å². The van der Waals surface area contributed by atoms with E-state index in [0.29, 0.717) is 27.8 Å². The summed E-state index contributed by atoms with van der Waals surface area (Å²) >= 11 is 0.978. The van der Waals surface area contributed by atoms with Crippen LogP contribution in [0.5, 0.6) is 11.5 Å². The number of ketones is 1. The van der Waals surface area contributed by atoms with Crippen molar-refractivity contribution in [3.63, 3.8) is 0 Å². The van der Waals surface area contributed by atoms with E-state index in [2.05, 4.69) is 4.98 Å². The van der Waals surface area contributed by atoms with Gasteiger partial charge in [-0.1, -0.05) is 12.1 Å². The van der Waals surface area contributed by atoms with Gasteiger partial charge in [-0.05, 0) is 37.3 Å². The molecule has 6 nitrogen and oxygen atoms in total. The number of aromatic nitrogens is 1. The molecule has 0 radical (unpaired) electrons. The number of ether oxygens (including phenoxy) is 3.